The molecule has 0 aliphatic carbocycles. The van der Waals surface area contributed by atoms with Crippen molar-refractivity contribution < 1.29 is 9.53 Å². The van der Waals surface area contributed by atoms with Crippen molar-refractivity contribution in [2.24, 2.45) is 0 Å². The maximum atomic E-state index is 12.8. The zero-order chi connectivity index (χ0) is 17.4. The number of fused-ring (bicyclic) bond motifs is 1. The molecule has 0 bridgehead atoms. The highest BCUT2D eigenvalue weighted by Gasteiger charge is 2.32. The minimum Gasteiger partial charge on any atom is -0.365 e. The number of amides is 1. The molecule has 0 spiro atoms. The molecule has 2 aliphatic rings. The number of nitrogens with zero attached hydrogens (tertiary/aromatic N) is 3. The van der Waals surface area contributed by atoms with E-state index in [1.54, 1.807) is 11.3 Å². The fraction of sp³-hybridized carbons (Fsp3) is 0.579. The molecule has 2 aromatic rings. The molecule has 0 radical (unpaired) electrons. The average molecular weight is 359 g/mol. The van der Waals surface area contributed by atoms with E-state index in [-0.39, 0.29) is 12.0 Å². The van der Waals surface area contributed by atoms with Crippen molar-refractivity contribution in [2.75, 3.05) is 37.7 Å². The lowest BCUT2D eigenvalue weighted by atomic mass is 10.1. The zero-order valence-electron chi connectivity index (χ0n) is 15.0. The van der Waals surface area contributed by atoms with Gasteiger partial charge < -0.3 is 14.5 Å². The van der Waals surface area contributed by atoms with Gasteiger partial charge in [-0.2, -0.15) is 0 Å². The lowest BCUT2D eigenvalue weighted by Crippen LogP contribution is -2.52. The van der Waals surface area contributed by atoms with Crippen LogP contribution in [0.2, 0.25) is 0 Å². The number of piperidine rings is 1. The lowest BCUT2D eigenvalue weighted by molar-refractivity contribution is -0.145. The van der Waals surface area contributed by atoms with Crippen LogP contribution in [-0.4, -0.2) is 54.7 Å². The topological polar surface area (TPSA) is 45.7 Å². The Kier molecular flexibility index (Phi) is 4.65. The molecular formula is C19H25N3O2S. The van der Waals surface area contributed by atoms with E-state index in [0.29, 0.717) is 13.2 Å². The number of aromatic nitrogens is 1. The number of ether oxygens (including phenoxy) is 1. The number of hydrogen-bond acceptors (Lipinski definition) is 5. The van der Waals surface area contributed by atoms with Crippen molar-refractivity contribution in [3.63, 3.8) is 0 Å². The van der Waals surface area contributed by atoms with E-state index in [1.165, 1.54) is 22.2 Å². The van der Waals surface area contributed by atoms with Crippen LogP contribution in [0.4, 0.5) is 5.13 Å². The summed E-state index contributed by atoms with van der Waals surface area (Å²) in [5, 5.41) is 1.01. The second-order valence-corrected chi connectivity index (χ2v) is 8.04. The first-order chi connectivity index (χ1) is 12.1. The Morgan fingerprint density at radius 3 is 2.68 bits per heavy atom. The monoisotopic (exact) mass is 359 g/mol. The maximum absolute atomic E-state index is 12.8. The number of morpholine rings is 1. The van der Waals surface area contributed by atoms with Gasteiger partial charge in [-0.05, 0) is 44.2 Å². The largest absolute Gasteiger partial charge is 0.365 e. The lowest BCUT2D eigenvalue weighted by Gasteiger charge is -2.36. The Morgan fingerprint density at radius 1 is 1.16 bits per heavy atom. The standard InChI is InChI=1S/C19H25N3O2S/c1-13-6-7-14(2)17-16(13)20-19(25-17)22-10-11-24-15(12-22)18(23)21-8-4-3-5-9-21/h6-7,15H,3-5,8-12H2,1-2H3. The van der Waals surface area contributed by atoms with Crippen molar-refractivity contribution in [3.8, 4) is 0 Å². The fourth-order valence-corrected chi connectivity index (χ4v) is 4.82. The second-order valence-electron chi connectivity index (χ2n) is 7.06. The van der Waals surface area contributed by atoms with E-state index < -0.39 is 0 Å². The Labute approximate surface area is 152 Å². The summed E-state index contributed by atoms with van der Waals surface area (Å²) in [7, 11) is 0. The molecule has 1 amide bonds. The predicted molar refractivity (Wildman–Crippen MR) is 101 cm³/mol. The van der Waals surface area contributed by atoms with Gasteiger partial charge in [0.15, 0.2) is 11.2 Å². The van der Waals surface area contributed by atoms with Crippen molar-refractivity contribution in [2.45, 2.75) is 39.2 Å². The second kappa shape index (κ2) is 6.92. The summed E-state index contributed by atoms with van der Waals surface area (Å²) in [6, 6.07) is 4.28. The van der Waals surface area contributed by atoms with Gasteiger partial charge in [-0.15, -0.1) is 0 Å². The van der Waals surface area contributed by atoms with Crippen molar-refractivity contribution in [1.82, 2.24) is 9.88 Å². The zero-order valence-corrected chi connectivity index (χ0v) is 15.8. The Bertz CT molecular complexity index is 743. The van der Waals surface area contributed by atoms with E-state index in [1.807, 2.05) is 4.90 Å². The molecular weight excluding hydrogens is 334 g/mol. The average Bonchev–Trinajstić information content (AvgIpc) is 3.12. The third-order valence-corrected chi connectivity index (χ3v) is 6.46. The number of hydrogen-bond donors (Lipinski definition) is 0. The number of likely N-dealkylation sites (tertiary alicyclic amines) is 1. The number of anilines is 1. The molecule has 25 heavy (non-hydrogen) atoms. The predicted octanol–water partition coefficient (Wildman–Crippen LogP) is 3.13. The number of carbonyl (C=O) groups is 1. The molecule has 4 rings (SSSR count). The molecule has 0 saturated carbocycles. The molecule has 2 saturated heterocycles. The first kappa shape index (κ1) is 16.8. The van der Waals surface area contributed by atoms with Gasteiger partial charge in [0.2, 0.25) is 0 Å². The van der Waals surface area contributed by atoms with Crippen molar-refractivity contribution in [3.05, 3.63) is 23.3 Å². The van der Waals surface area contributed by atoms with Crippen LogP contribution >= 0.6 is 11.3 Å². The van der Waals surface area contributed by atoms with Crippen LogP contribution in [0.3, 0.4) is 0 Å². The van der Waals surface area contributed by atoms with Gasteiger partial charge in [0.05, 0.1) is 23.4 Å². The van der Waals surface area contributed by atoms with Crippen LogP contribution in [0.15, 0.2) is 12.1 Å². The van der Waals surface area contributed by atoms with E-state index in [2.05, 4.69) is 30.9 Å². The summed E-state index contributed by atoms with van der Waals surface area (Å²) in [5.41, 5.74) is 3.56. The number of aryl methyl sites for hydroxylation is 2. The molecule has 134 valence electrons. The number of benzene rings is 1. The third kappa shape index (κ3) is 3.25. The van der Waals surface area contributed by atoms with E-state index in [0.717, 1.165) is 43.1 Å². The van der Waals surface area contributed by atoms with Gasteiger partial charge in [-0.25, -0.2) is 4.98 Å². The summed E-state index contributed by atoms with van der Waals surface area (Å²) in [5.74, 6) is 0.151. The fourth-order valence-electron chi connectivity index (χ4n) is 3.67. The van der Waals surface area contributed by atoms with Crippen LogP contribution in [0.25, 0.3) is 10.2 Å². The van der Waals surface area contributed by atoms with Crippen LogP contribution in [-0.2, 0) is 9.53 Å². The smallest absolute Gasteiger partial charge is 0.253 e. The molecule has 0 N–H and O–H groups in total. The minimum atomic E-state index is -0.360. The van der Waals surface area contributed by atoms with Crippen molar-refractivity contribution >= 4 is 32.6 Å². The van der Waals surface area contributed by atoms with Gasteiger partial charge in [0.25, 0.3) is 5.91 Å². The highest BCUT2D eigenvalue weighted by atomic mass is 32.1. The van der Waals surface area contributed by atoms with Crippen LogP contribution in [0, 0.1) is 13.8 Å². The highest BCUT2D eigenvalue weighted by molar-refractivity contribution is 7.22. The molecule has 3 heterocycles. The van der Waals surface area contributed by atoms with Gasteiger partial charge in [0, 0.05) is 19.6 Å². The molecule has 6 heteroatoms. The summed E-state index contributed by atoms with van der Waals surface area (Å²) in [6.45, 7) is 7.96. The van der Waals surface area contributed by atoms with Gasteiger partial charge in [0.1, 0.15) is 0 Å². The first-order valence-electron chi connectivity index (χ1n) is 9.15. The van der Waals surface area contributed by atoms with E-state index in [4.69, 9.17) is 9.72 Å². The summed E-state index contributed by atoms with van der Waals surface area (Å²) in [6.07, 6.45) is 3.09. The number of rotatable bonds is 2. The van der Waals surface area contributed by atoms with Gasteiger partial charge in [-0.3, -0.25) is 4.79 Å². The molecule has 1 aromatic carbocycles. The maximum Gasteiger partial charge on any atom is 0.253 e. The Morgan fingerprint density at radius 2 is 1.92 bits per heavy atom. The summed E-state index contributed by atoms with van der Waals surface area (Å²) < 4.78 is 7.06. The van der Waals surface area contributed by atoms with Crippen LogP contribution < -0.4 is 4.90 Å². The van der Waals surface area contributed by atoms with Crippen LogP contribution in [0.1, 0.15) is 30.4 Å². The quantitative estimate of drug-likeness (QED) is 0.826. The molecule has 2 fully saturated rings. The van der Waals surface area contributed by atoms with Crippen LogP contribution in [0.5, 0.6) is 0 Å². The summed E-state index contributed by atoms with van der Waals surface area (Å²) >= 11 is 1.73. The number of carbonyl (C=O) groups excluding carboxylic acids is 1. The Hall–Kier alpha value is -1.66. The molecule has 5 nitrogen and oxygen atoms in total. The molecule has 2 aliphatic heterocycles. The normalized spacial score (nSPS) is 21.8. The third-order valence-electron chi connectivity index (χ3n) is 5.21. The first-order valence-corrected chi connectivity index (χ1v) is 9.97. The minimum absolute atomic E-state index is 0.151. The molecule has 1 aromatic heterocycles. The van der Waals surface area contributed by atoms with Gasteiger partial charge in [-0.1, -0.05) is 23.5 Å². The summed E-state index contributed by atoms with van der Waals surface area (Å²) in [4.78, 5) is 21.8. The SMILES string of the molecule is Cc1ccc(C)c2sc(N3CCOC(C(=O)N4CCCCC4)C3)nc12. The van der Waals surface area contributed by atoms with E-state index >= 15 is 0 Å². The highest BCUT2D eigenvalue weighted by Crippen LogP contribution is 2.33. The van der Waals surface area contributed by atoms with Crippen molar-refractivity contribution in [1.29, 1.82) is 0 Å². The molecule has 1 unspecified atom stereocenters. The Balaban J connectivity index is 1.54. The number of thiazole rings is 1. The van der Waals surface area contributed by atoms with E-state index in [9.17, 15) is 4.79 Å². The molecule has 1 atom stereocenters. The van der Waals surface area contributed by atoms with Gasteiger partial charge >= 0.3 is 0 Å².